The Balaban J connectivity index is 2.69. The third kappa shape index (κ3) is 2.24. The topological polar surface area (TPSA) is 87.9 Å². The molecule has 0 aliphatic heterocycles. The van der Waals surface area contributed by atoms with E-state index in [4.69, 9.17) is 10.00 Å². The van der Waals surface area contributed by atoms with Gasteiger partial charge in [-0.15, -0.1) is 0 Å². The van der Waals surface area contributed by atoms with Crippen LogP contribution in [0.4, 0.5) is 4.39 Å². The van der Waals surface area contributed by atoms with Crippen LogP contribution in [0.3, 0.4) is 0 Å². The maximum Gasteiger partial charge on any atom is 0.332 e. The molecule has 2 rings (SSSR count). The third-order valence-corrected chi connectivity index (χ3v) is 2.48. The molecule has 7 heteroatoms. The van der Waals surface area contributed by atoms with Gasteiger partial charge in [0.05, 0.1) is 12.8 Å². The van der Waals surface area contributed by atoms with Gasteiger partial charge in [0.25, 0.3) is 5.56 Å². The van der Waals surface area contributed by atoms with E-state index in [1.165, 1.54) is 19.2 Å². The number of benzene rings is 1. The molecule has 1 heterocycles. The number of aromatic amines is 1. The summed E-state index contributed by atoms with van der Waals surface area (Å²) in [4.78, 5) is 24.9. The molecule has 1 N–H and O–H groups in total. The van der Waals surface area contributed by atoms with E-state index >= 15 is 0 Å². The summed E-state index contributed by atoms with van der Waals surface area (Å²) in [5, 5.41) is 8.76. The predicted molar refractivity (Wildman–Crippen MR) is 63.9 cm³/mol. The van der Waals surface area contributed by atoms with E-state index < -0.39 is 17.1 Å². The first-order valence-electron chi connectivity index (χ1n) is 5.17. The van der Waals surface area contributed by atoms with Crippen LogP contribution in [0.1, 0.15) is 5.56 Å². The average molecular weight is 261 g/mol. The monoisotopic (exact) mass is 261 g/mol. The number of nitrogens with zero attached hydrogens (tertiary/aromatic N) is 2. The fourth-order valence-electron chi connectivity index (χ4n) is 1.54. The summed E-state index contributed by atoms with van der Waals surface area (Å²) < 4.78 is 19.1. The first kappa shape index (κ1) is 12.6. The molecule has 1 aromatic carbocycles. The molecule has 0 saturated carbocycles. The zero-order chi connectivity index (χ0) is 14.0. The highest BCUT2D eigenvalue weighted by atomic mass is 19.1. The van der Waals surface area contributed by atoms with Crippen LogP contribution in [-0.4, -0.2) is 16.7 Å². The number of nitriles is 1. The van der Waals surface area contributed by atoms with E-state index in [-0.39, 0.29) is 17.0 Å². The summed E-state index contributed by atoms with van der Waals surface area (Å²) in [6.45, 7) is 0. The van der Waals surface area contributed by atoms with Crippen molar-refractivity contribution in [2.24, 2.45) is 0 Å². The highest BCUT2D eigenvalue weighted by Gasteiger charge is 2.09. The molecule has 96 valence electrons. The lowest BCUT2D eigenvalue weighted by Crippen LogP contribution is -2.30. The lowest BCUT2D eigenvalue weighted by atomic mass is 10.2. The van der Waals surface area contributed by atoms with Crippen LogP contribution in [0.2, 0.25) is 0 Å². The smallest absolute Gasteiger partial charge is 0.332 e. The van der Waals surface area contributed by atoms with Gasteiger partial charge in [-0.05, 0) is 12.1 Å². The summed E-state index contributed by atoms with van der Waals surface area (Å²) in [6.07, 6.45) is 1.09. The molecule has 0 atom stereocenters. The lowest BCUT2D eigenvalue weighted by molar-refractivity contribution is 0.386. The highest BCUT2D eigenvalue weighted by Crippen LogP contribution is 2.19. The number of nitrogens with one attached hydrogen (secondary N) is 1. The van der Waals surface area contributed by atoms with Crippen LogP contribution in [-0.2, 0) is 0 Å². The second kappa shape index (κ2) is 4.78. The van der Waals surface area contributed by atoms with E-state index in [9.17, 15) is 14.0 Å². The third-order valence-electron chi connectivity index (χ3n) is 2.48. The molecule has 0 amide bonds. The van der Waals surface area contributed by atoms with Gasteiger partial charge >= 0.3 is 5.69 Å². The Kier molecular flexibility index (Phi) is 3.16. The predicted octanol–water partition coefficient (Wildman–Crippen LogP) is 0.545. The largest absolute Gasteiger partial charge is 0.494 e. The summed E-state index contributed by atoms with van der Waals surface area (Å²) in [6, 6.07) is 5.41. The average Bonchev–Trinajstić information content (AvgIpc) is 2.40. The minimum absolute atomic E-state index is 0.0471. The minimum atomic E-state index is -0.766. The summed E-state index contributed by atoms with van der Waals surface area (Å²) in [7, 11) is 1.29. The Bertz CT molecular complexity index is 786. The number of H-pyrrole nitrogens is 1. The first-order valence-corrected chi connectivity index (χ1v) is 5.17. The SMILES string of the molecule is COc1cc(-n2cc(C#N)c(=O)[nH]c2=O)ccc1F. The van der Waals surface area contributed by atoms with E-state index in [0.29, 0.717) is 0 Å². The molecule has 0 bridgehead atoms. The maximum atomic E-state index is 13.3. The van der Waals surface area contributed by atoms with Gasteiger partial charge in [0, 0.05) is 12.3 Å². The normalized spacial score (nSPS) is 9.95. The van der Waals surface area contributed by atoms with Gasteiger partial charge in [-0.25, -0.2) is 9.18 Å². The first-order chi connectivity index (χ1) is 9.06. The molecule has 2 aromatic rings. The Morgan fingerprint density at radius 2 is 2.16 bits per heavy atom. The molecular weight excluding hydrogens is 253 g/mol. The zero-order valence-electron chi connectivity index (χ0n) is 9.81. The van der Waals surface area contributed by atoms with Gasteiger partial charge in [-0.1, -0.05) is 0 Å². The van der Waals surface area contributed by atoms with Crippen molar-refractivity contribution in [1.29, 1.82) is 5.26 Å². The van der Waals surface area contributed by atoms with Gasteiger partial charge in [-0.2, -0.15) is 5.26 Å². The molecule has 0 spiro atoms. The fraction of sp³-hybridized carbons (Fsp3) is 0.0833. The van der Waals surface area contributed by atoms with E-state index in [2.05, 4.69) is 0 Å². The Labute approximate surface area is 106 Å². The summed E-state index contributed by atoms with van der Waals surface area (Å²) >= 11 is 0. The molecule has 0 aliphatic rings. The number of aromatic nitrogens is 2. The standard InChI is InChI=1S/C12H8FN3O3/c1-19-10-4-8(2-3-9(10)13)16-6-7(5-14)11(17)15-12(16)18/h2-4,6H,1H3,(H,15,17,18). The van der Waals surface area contributed by atoms with Crippen molar-refractivity contribution in [2.45, 2.75) is 0 Å². The number of methoxy groups -OCH3 is 1. The summed E-state index contributed by atoms with van der Waals surface area (Å²) in [5.74, 6) is -0.627. The molecule has 1 aromatic heterocycles. The van der Waals surface area contributed by atoms with Crippen molar-refractivity contribution in [3.8, 4) is 17.5 Å². The van der Waals surface area contributed by atoms with E-state index in [1.807, 2.05) is 4.98 Å². The number of hydrogen-bond donors (Lipinski definition) is 1. The van der Waals surface area contributed by atoms with Gasteiger partial charge < -0.3 is 4.74 Å². The quantitative estimate of drug-likeness (QED) is 0.854. The van der Waals surface area contributed by atoms with Crippen molar-refractivity contribution in [2.75, 3.05) is 7.11 Å². The van der Waals surface area contributed by atoms with Crippen LogP contribution in [0.5, 0.6) is 5.75 Å². The Hall–Kier alpha value is -2.88. The number of hydrogen-bond acceptors (Lipinski definition) is 4. The van der Waals surface area contributed by atoms with Gasteiger partial charge in [0.1, 0.15) is 11.6 Å². The molecular formula is C12H8FN3O3. The van der Waals surface area contributed by atoms with Crippen molar-refractivity contribution >= 4 is 0 Å². The van der Waals surface area contributed by atoms with Crippen LogP contribution >= 0.6 is 0 Å². The second-order valence-corrected chi connectivity index (χ2v) is 3.60. The fourth-order valence-corrected chi connectivity index (χ4v) is 1.54. The molecule has 0 fully saturated rings. The van der Waals surface area contributed by atoms with E-state index in [1.54, 1.807) is 6.07 Å². The molecule has 0 radical (unpaired) electrons. The van der Waals surface area contributed by atoms with Gasteiger partial charge in [0.15, 0.2) is 11.6 Å². The van der Waals surface area contributed by atoms with Gasteiger partial charge in [0.2, 0.25) is 0 Å². The zero-order valence-corrected chi connectivity index (χ0v) is 9.81. The number of halogens is 1. The van der Waals surface area contributed by atoms with Crippen LogP contribution in [0.25, 0.3) is 5.69 Å². The summed E-state index contributed by atoms with van der Waals surface area (Å²) in [5.41, 5.74) is -1.44. The van der Waals surface area contributed by atoms with E-state index in [0.717, 1.165) is 16.8 Å². The molecule has 0 unspecified atom stereocenters. The molecule has 0 saturated heterocycles. The molecule has 0 aliphatic carbocycles. The lowest BCUT2D eigenvalue weighted by Gasteiger charge is -2.08. The van der Waals surface area contributed by atoms with Crippen molar-refractivity contribution < 1.29 is 9.13 Å². The van der Waals surface area contributed by atoms with Crippen molar-refractivity contribution in [3.05, 3.63) is 56.6 Å². The Morgan fingerprint density at radius 1 is 1.42 bits per heavy atom. The molecule has 6 nitrogen and oxygen atoms in total. The van der Waals surface area contributed by atoms with Crippen molar-refractivity contribution in [1.82, 2.24) is 9.55 Å². The maximum absolute atomic E-state index is 13.3. The minimum Gasteiger partial charge on any atom is -0.494 e. The highest BCUT2D eigenvalue weighted by molar-refractivity contribution is 5.41. The second-order valence-electron chi connectivity index (χ2n) is 3.60. The van der Waals surface area contributed by atoms with Crippen LogP contribution < -0.4 is 16.0 Å². The Morgan fingerprint density at radius 3 is 2.79 bits per heavy atom. The number of rotatable bonds is 2. The molecule has 19 heavy (non-hydrogen) atoms. The van der Waals surface area contributed by atoms with Gasteiger partial charge in [-0.3, -0.25) is 14.3 Å². The van der Waals surface area contributed by atoms with Crippen LogP contribution in [0.15, 0.2) is 34.0 Å². The number of ether oxygens (including phenoxy) is 1. The van der Waals surface area contributed by atoms with Crippen LogP contribution in [0, 0.1) is 17.1 Å². The van der Waals surface area contributed by atoms with Crippen molar-refractivity contribution in [3.63, 3.8) is 0 Å².